The lowest BCUT2D eigenvalue weighted by Crippen LogP contribution is -2.02. The van der Waals surface area contributed by atoms with Crippen LogP contribution in [-0.4, -0.2) is 4.98 Å². The van der Waals surface area contributed by atoms with E-state index in [0.29, 0.717) is 12.4 Å². The summed E-state index contributed by atoms with van der Waals surface area (Å²) in [6.07, 6.45) is 0. The molecule has 0 unspecified atom stereocenters. The number of nitrogens with zero attached hydrogens (tertiary/aromatic N) is 1. The third kappa shape index (κ3) is 2.93. The van der Waals surface area contributed by atoms with Crippen LogP contribution in [0.2, 0.25) is 0 Å². The molecule has 0 saturated carbocycles. The van der Waals surface area contributed by atoms with Gasteiger partial charge in [0.15, 0.2) is 0 Å². The summed E-state index contributed by atoms with van der Waals surface area (Å²) in [5.74, 6) is 1.48. The highest BCUT2D eigenvalue weighted by Crippen LogP contribution is 2.27. The quantitative estimate of drug-likeness (QED) is 0.913. The minimum atomic E-state index is 0.502. The number of aryl methyl sites for hydroxylation is 3. The first-order valence-corrected chi connectivity index (χ1v) is 6.43. The van der Waals surface area contributed by atoms with E-state index >= 15 is 0 Å². The molecule has 3 heteroatoms. The van der Waals surface area contributed by atoms with Crippen molar-refractivity contribution in [3.8, 4) is 11.6 Å². The third-order valence-electron chi connectivity index (χ3n) is 3.37. The van der Waals surface area contributed by atoms with Crippen molar-refractivity contribution in [2.75, 3.05) is 0 Å². The first-order chi connectivity index (χ1) is 9.01. The molecule has 1 aromatic heterocycles. The van der Waals surface area contributed by atoms with Gasteiger partial charge in [-0.25, -0.2) is 4.98 Å². The SMILES string of the molecule is Cc1cc(C)c(C)c(Oc2ccc(CN)c(C)n2)c1. The van der Waals surface area contributed by atoms with Crippen LogP contribution in [0.5, 0.6) is 11.6 Å². The topological polar surface area (TPSA) is 48.1 Å². The van der Waals surface area contributed by atoms with Gasteiger partial charge in [0, 0.05) is 18.3 Å². The third-order valence-corrected chi connectivity index (χ3v) is 3.37. The summed E-state index contributed by atoms with van der Waals surface area (Å²) in [7, 11) is 0. The van der Waals surface area contributed by atoms with E-state index in [9.17, 15) is 0 Å². The molecule has 0 aliphatic rings. The highest BCUT2D eigenvalue weighted by molar-refractivity contribution is 5.43. The van der Waals surface area contributed by atoms with Crippen LogP contribution in [0.3, 0.4) is 0 Å². The zero-order chi connectivity index (χ0) is 14.0. The molecular formula is C16H20N2O. The summed E-state index contributed by atoms with van der Waals surface area (Å²) in [5, 5.41) is 0. The Balaban J connectivity index is 2.33. The van der Waals surface area contributed by atoms with Crippen molar-refractivity contribution in [1.82, 2.24) is 4.98 Å². The van der Waals surface area contributed by atoms with Gasteiger partial charge in [0.25, 0.3) is 0 Å². The summed E-state index contributed by atoms with van der Waals surface area (Å²) < 4.78 is 5.90. The van der Waals surface area contributed by atoms with Crippen LogP contribution < -0.4 is 10.5 Å². The van der Waals surface area contributed by atoms with Crippen LogP contribution in [0, 0.1) is 27.7 Å². The Morgan fingerprint density at radius 3 is 2.47 bits per heavy atom. The van der Waals surface area contributed by atoms with Gasteiger partial charge in [-0.3, -0.25) is 0 Å². The molecule has 0 aliphatic carbocycles. The fourth-order valence-corrected chi connectivity index (χ4v) is 2.06. The van der Waals surface area contributed by atoms with E-state index in [0.717, 1.165) is 22.6 Å². The van der Waals surface area contributed by atoms with E-state index in [1.807, 2.05) is 25.1 Å². The second-order valence-corrected chi connectivity index (χ2v) is 4.91. The number of hydrogen-bond acceptors (Lipinski definition) is 3. The second kappa shape index (κ2) is 5.41. The average molecular weight is 256 g/mol. The van der Waals surface area contributed by atoms with Gasteiger partial charge in [-0.1, -0.05) is 12.1 Å². The first kappa shape index (κ1) is 13.6. The monoisotopic (exact) mass is 256 g/mol. The van der Waals surface area contributed by atoms with Gasteiger partial charge in [-0.05, 0) is 56.0 Å². The maximum absolute atomic E-state index is 5.90. The number of nitrogens with two attached hydrogens (primary N) is 1. The van der Waals surface area contributed by atoms with Crippen molar-refractivity contribution in [2.24, 2.45) is 5.73 Å². The number of hydrogen-bond donors (Lipinski definition) is 1. The van der Waals surface area contributed by atoms with Gasteiger partial charge in [0.2, 0.25) is 5.88 Å². The second-order valence-electron chi connectivity index (χ2n) is 4.91. The number of rotatable bonds is 3. The molecule has 19 heavy (non-hydrogen) atoms. The predicted molar refractivity (Wildman–Crippen MR) is 77.6 cm³/mol. The Morgan fingerprint density at radius 2 is 1.84 bits per heavy atom. The molecule has 3 nitrogen and oxygen atoms in total. The number of ether oxygens (including phenoxy) is 1. The molecule has 2 aromatic rings. The Kier molecular flexibility index (Phi) is 3.86. The van der Waals surface area contributed by atoms with Crippen LogP contribution in [-0.2, 0) is 6.54 Å². The lowest BCUT2D eigenvalue weighted by Gasteiger charge is -2.12. The largest absolute Gasteiger partial charge is 0.439 e. The lowest BCUT2D eigenvalue weighted by atomic mass is 10.1. The van der Waals surface area contributed by atoms with Crippen molar-refractivity contribution < 1.29 is 4.74 Å². The van der Waals surface area contributed by atoms with Crippen LogP contribution in [0.25, 0.3) is 0 Å². The molecule has 0 fully saturated rings. The minimum Gasteiger partial charge on any atom is -0.439 e. The lowest BCUT2D eigenvalue weighted by molar-refractivity contribution is 0.457. The molecule has 2 rings (SSSR count). The zero-order valence-electron chi connectivity index (χ0n) is 11.9. The van der Waals surface area contributed by atoms with Gasteiger partial charge >= 0.3 is 0 Å². The highest BCUT2D eigenvalue weighted by Gasteiger charge is 2.07. The number of benzene rings is 1. The molecule has 0 bridgehead atoms. The summed E-state index contributed by atoms with van der Waals surface area (Å²) in [5.41, 5.74) is 11.2. The molecule has 0 saturated heterocycles. The average Bonchev–Trinajstić information content (AvgIpc) is 2.35. The molecule has 0 amide bonds. The molecule has 1 heterocycles. The molecule has 0 radical (unpaired) electrons. The van der Waals surface area contributed by atoms with Crippen LogP contribution in [0.1, 0.15) is 27.9 Å². The molecule has 0 spiro atoms. The normalized spacial score (nSPS) is 10.6. The van der Waals surface area contributed by atoms with Crippen molar-refractivity contribution in [2.45, 2.75) is 34.2 Å². The van der Waals surface area contributed by atoms with Crippen LogP contribution in [0.15, 0.2) is 24.3 Å². The Morgan fingerprint density at radius 1 is 1.11 bits per heavy atom. The highest BCUT2D eigenvalue weighted by atomic mass is 16.5. The van der Waals surface area contributed by atoms with E-state index in [1.165, 1.54) is 11.1 Å². The van der Waals surface area contributed by atoms with Gasteiger partial charge in [0.1, 0.15) is 5.75 Å². The van der Waals surface area contributed by atoms with Gasteiger partial charge < -0.3 is 10.5 Å². The van der Waals surface area contributed by atoms with Gasteiger partial charge in [-0.15, -0.1) is 0 Å². The summed E-state index contributed by atoms with van der Waals surface area (Å²) in [4.78, 5) is 4.44. The van der Waals surface area contributed by atoms with Gasteiger partial charge in [0.05, 0.1) is 0 Å². The Hall–Kier alpha value is -1.87. The summed E-state index contributed by atoms with van der Waals surface area (Å²) >= 11 is 0. The molecule has 2 N–H and O–H groups in total. The van der Waals surface area contributed by atoms with E-state index < -0.39 is 0 Å². The predicted octanol–water partition coefficient (Wildman–Crippen LogP) is 3.57. The van der Waals surface area contributed by atoms with Crippen molar-refractivity contribution >= 4 is 0 Å². The van der Waals surface area contributed by atoms with Crippen LogP contribution >= 0.6 is 0 Å². The Labute approximate surface area is 114 Å². The van der Waals surface area contributed by atoms with Crippen molar-refractivity contribution in [1.29, 1.82) is 0 Å². The summed E-state index contributed by atoms with van der Waals surface area (Å²) in [6.45, 7) is 8.66. The van der Waals surface area contributed by atoms with E-state index in [1.54, 1.807) is 0 Å². The number of aromatic nitrogens is 1. The molecule has 100 valence electrons. The molecule has 0 aliphatic heterocycles. The van der Waals surface area contributed by atoms with Crippen molar-refractivity contribution in [3.63, 3.8) is 0 Å². The van der Waals surface area contributed by atoms with Gasteiger partial charge in [-0.2, -0.15) is 0 Å². The van der Waals surface area contributed by atoms with E-state index in [-0.39, 0.29) is 0 Å². The Bertz CT molecular complexity index is 606. The van der Waals surface area contributed by atoms with E-state index in [4.69, 9.17) is 10.5 Å². The molecule has 0 atom stereocenters. The maximum atomic E-state index is 5.90. The van der Waals surface area contributed by atoms with Crippen LogP contribution in [0.4, 0.5) is 0 Å². The molecular weight excluding hydrogens is 236 g/mol. The minimum absolute atomic E-state index is 0.502. The maximum Gasteiger partial charge on any atom is 0.219 e. The summed E-state index contributed by atoms with van der Waals surface area (Å²) in [6, 6.07) is 8.02. The zero-order valence-corrected chi connectivity index (χ0v) is 11.9. The molecule has 1 aromatic carbocycles. The fourth-order valence-electron chi connectivity index (χ4n) is 2.06. The first-order valence-electron chi connectivity index (χ1n) is 6.43. The number of pyridine rings is 1. The smallest absolute Gasteiger partial charge is 0.219 e. The fraction of sp³-hybridized carbons (Fsp3) is 0.312. The van der Waals surface area contributed by atoms with Crippen molar-refractivity contribution in [3.05, 3.63) is 52.2 Å². The standard InChI is InChI=1S/C16H20N2O/c1-10-7-11(2)12(3)15(8-10)19-16-6-5-14(9-17)13(4)18-16/h5-8H,9,17H2,1-4H3. The van der Waals surface area contributed by atoms with E-state index in [2.05, 4.69) is 31.8 Å².